The standard InChI is InChI=1S/C23H24BrFN4O/c1-14-3-5-18(11-15(14)2)29-22(16-7-9-26-10-8-16)19(13-27-29)23(30)28-21-6-4-17(24)12-20(21)25/h3-6,11-13,16,26H,7-10H2,1-2H3,(H,28,30). The zero-order valence-corrected chi connectivity index (χ0v) is 18.6. The number of carbonyl (C=O) groups is 1. The van der Waals surface area contributed by atoms with Crippen molar-refractivity contribution in [1.82, 2.24) is 15.1 Å². The molecule has 5 nitrogen and oxygen atoms in total. The molecule has 2 heterocycles. The molecule has 1 aliphatic rings. The number of amides is 1. The van der Waals surface area contributed by atoms with Crippen molar-refractivity contribution in [1.29, 1.82) is 0 Å². The number of nitrogens with zero attached hydrogens (tertiary/aromatic N) is 2. The molecule has 1 fully saturated rings. The molecule has 0 atom stereocenters. The van der Waals surface area contributed by atoms with Crippen LogP contribution in [0.5, 0.6) is 0 Å². The maximum atomic E-state index is 14.3. The molecule has 0 spiro atoms. The van der Waals surface area contributed by atoms with Gasteiger partial charge in [0, 0.05) is 10.4 Å². The molecule has 0 bridgehead atoms. The second-order valence-electron chi connectivity index (χ2n) is 7.73. The minimum absolute atomic E-state index is 0.151. The van der Waals surface area contributed by atoms with E-state index in [0.717, 1.165) is 37.3 Å². The minimum atomic E-state index is -0.484. The van der Waals surface area contributed by atoms with Gasteiger partial charge in [-0.3, -0.25) is 4.79 Å². The van der Waals surface area contributed by atoms with Gasteiger partial charge < -0.3 is 10.6 Å². The third kappa shape index (κ3) is 4.18. The number of anilines is 1. The Morgan fingerprint density at radius 1 is 1.17 bits per heavy atom. The number of piperidine rings is 1. The first-order chi connectivity index (χ1) is 14.4. The van der Waals surface area contributed by atoms with Crippen molar-refractivity contribution >= 4 is 27.5 Å². The third-order valence-electron chi connectivity index (χ3n) is 5.69. The SMILES string of the molecule is Cc1ccc(-n2ncc(C(=O)Nc3ccc(Br)cc3F)c2C2CCNCC2)cc1C. The summed E-state index contributed by atoms with van der Waals surface area (Å²) >= 11 is 3.24. The third-order valence-corrected chi connectivity index (χ3v) is 6.18. The van der Waals surface area contributed by atoms with Crippen molar-refractivity contribution in [2.24, 2.45) is 0 Å². The summed E-state index contributed by atoms with van der Waals surface area (Å²) in [5, 5.41) is 10.7. The van der Waals surface area contributed by atoms with Gasteiger partial charge in [-0.05, 0) is 81.2 Å². The van der Waals surface area contributed by atoms with Crippen molar-refractivity contribution in [2.45, 2.75) is 32.6 Å². The predicted molar refractivity (Wildman–Crippen MR) is 120 cm³/mol. The summed E-state index contributed by atoms with van der Waals surface area (Å²) in [5.74, 6) is -0.631. The Balaban J connectivity index is 1.74. The van der Waals surface area contributed by atoms with Gasteiger partial charge in [-0.25, -0.2) is 9.07 Å². The van der Waals surface area contributed by atoms with Crippen LogP contribution in [-0.4, -0.2) is 28.8 Å². The van der Waals surface area contributed by atoms with Crippen molar-refractivity contribution in [3.63, 3.8) is 0 Å². The second-order valence-corrected chi connectivity index (χ2v) is 8.64. The number of nitrogens with one attached hydrogen (secondary N) is 2. The van der Waals surface area contributed by atoms with E-state index >= 15 is 0 Å². The van der Waals surface area contributed by atoms with Crippen LogP contribution in [0.3, 0.4) is 0 Å². The molecule has 2 N–H and O–H groups in total. The predicted octanol–water partition coefficient (Wildman–Crippen LogP) is 5.11. The number of hydrogen-bond acceptors (Lipinski definition) is 3. The van der Waals surface area contributed by atoms with Gasteiger partial charge in [0.1, 0.15) is 5.82 Å². The van der Waals surface area contributed by atoms with Crippen molar-refractivity contribution in [2.75, 3.05) is 18.4 Å². The molecule has 1 saturated heterocycles. The lowest BCUT2D eigenvalue weighted by Crippen LogP contribution is -2.29. The molecule has 0 unspecified atom stereocenters. The molecule has 156 valence electrons. The number of aryl methyl sites for hydroxylation is 2. The second kappa shape index (κ2) is 8.70. The molecule has 0 aliphatic carbocycles. The first-order valence-corrected chi connectivity index (χ1v) is 10.9. The summed E-state index contributed by atoms with van der Waals surface area (Å²) in [6, 6.07) is 10.8. The average molecular weight is 471 g/mol. The summed E-state index contributed by atoms with van der Waals surface area (Å²) in [6.45, 7) is 5.92. The molecule has 3 aromatic rings. The number of hydrogen-bond donors (Lipinski definition) is 2. The normalized spacial score (nSPS) is 14.7. The first-order valence-electron chi connectivity index (χ1n) is 10.1. The maximum Gasteiger partial charge on any atom is 0.259 e. The van der Waals surface area contributed by atoms with E-state index in [4.69, 9.17) is 0 Å². The zero-order chi connectivity index (χ0) is 21.3. The molecule has 1 amide bonds. The molecular weight excluding hydrogens is 447 g/mol. The van der Waals surface area contributed by atoms with Crippen LogP contribution in [0.25, 0.3) is 5.69 Å². The number of rotatable bonds is 4. The van der Waals surface area contributed by atoms with E-state index in [9.17, 15) is 9.18 Å². The number of benzene rings is 2. The first kappa shape index (κ1) is 20.8. The molecule has 4 rings (SSSR count). The Labute approximate surface area is 183 Å². The molecule has 0 saturated carbocycles. The van der Waals surface area contributed by atoms with Crippen LogP contribution < -0.4 is 10.6 Å². The van der Waals surface area contributed by atoms with Gasteiger partial charge in [0.25, 0.3) is 5.91 Å². The fourth-order valence-electron chi connectivity index (χ4n) is 3.86. The summed E-state index contributed by atoms with van der Waals surface area (Å²) in [5.41, 5.74) is 4.83. The lowest BCUT2D eigenvalue weighted by Gasteiger charge is -2.25. The molecule has 1 aliphatic heterocycles. The summed E-state index contributed by atoms with van der Waals surface area (Å²) < 4.78 is 16.8. The number of halogens is 2. The van der Waals surface area contributed by atoms with Gasteiger partial charge in [0.05, 0.1) is 28.8 Å². The summed E-state index contributed by atoms with van der Waals surface area (Å²) in [6.07, 6.45) is 3.44. The van der Waals surface area contributed by atoms with E-state index < -0.39 is 5.82 Å². The van der Waals surface area contributed by atoms with Gasteiger partial charge in [0.15, 0.2) is 0 Å². The quantitative estimate of drug-likeness (QED) is 0.556. The Kier molecular flexibility index (Phi) is 6.01. The number of aromatic nitrogens is 2. The number of carbonyl (C=O) groups excluding carboxylic acids is 1. The van der Waals surface area contributed by atoms with Gasteiger partial charge in [0.2, 0.25) is 0 Å². The van der Waals surface area contributed by atoms with Gasteiger partial charge in [-0.1, -0.05) is 22.0 Å². The molecule has 7 heteroatoms. The molecule has 0 radical (unpaired) electrons. The van der Waals surface area contributed by atoms with Crippen LogP contribution in [0.2, 0.25) is 0 Å². The Bertz CT molecular complexity index is 1090. The van der Waals surface area contributed by atoms with Crippen molar-refractivity contribution < 1.29 is 9.18 Å². The molecular formula is C23H24BrFN4O. The Morgan fingerprint density at radius 2 is 1.93 bits per heavy atom. The summed E-state index contributed by atoms with van der Waals surface area (Å²) in [7, 11) is 0. The van der Waals surface area contributed by atoms with E-state index in [2.05, 4.69) is 57.6 Å². The highest BCUT2D eigenvalue weighted by molar-refractivity contribution is 9.10. The van der Waals surface area contributed by atoms with E-state index in [0.29, 0.717) is 10.0 Å². The Hall–Kier alpha value is -2.51. The van der Waals surface area contributed by atoms with Gasteiger partial charge in [-0.15, -0.1) is 0 Å². The van der Waals surface area contributed by atoms with Gasteiger partial charge in [-0.2, -0.15) is 5.10 Å². The molecule has 1 aromatic heterocycles. The fraction of sp³-hybridized carbons (Fsp3) is 0.304. The smallest absolute Gasteiger partial charge is 0.259 e. The lowest BCUT2D eigenvalue weighted by atomic mass is 9.91. The lowest BCUT2D eigenvalue weighted by molar-refractivity contribution is 0.102. The van der Waals surface area contributed by atoms with Crippen LogP contribution in [0.4, 0.5) is 10.1 Å². The highest BCUT2D eigenvalue weighted by Crippen LogP contribution is 2.31. The van der Waals surface area contributed by atoms with Crippen LogP contribution in [0, 0.1) is 19.7 Å². The maximum absolute atomic E-state index is 14.3. The van der Waals surface area contributed by atoms with E-state index in [-0.39, 0.29) is 17.5 Å². The van der Waals surface area contributed by atoms with Crippen molar-refractivity contribution in [3.8, 4) is 5.69 Å². The van der Waals surface area contributed by atoms with Gasteiger partial charge >= 0.3 is 0 Å². The Morgan fingerprint density at radius 3 is 2.63 bits per heavy atom. The van der Waals surface area contributed by atoms with E-state index in [1.54, 1.807) is 18.3 Å². The largest absolute Gasteiger partial charge is 0.319 e. The van der Waals surface area contributed by atoms with Crippen molar-refractivity contribution in [3.05, 3.63) is 75.3 Å². The average Bonchev–Trinajstić information content (AvgIpc) is 3.18. The van der Waals surface area contributed by atoms with Crippen LogP contribution in [0.1, 0.15) is 45.9 Å². The monoisotopic (exact) mass is 470 g/mol. The topological polar surface area (TPSA) is 59.0 Å². The summed E-state index contributed by atoms with van der Waals surface area (Å²) in [4.78, 5) is 13.1. The minimum Gasteiger partial charge on any atom is -0.319 e. The fourth-order valence-corrected chi connectivity index (χ4v) is 4.20. The highest BCUT2D eigenvalue weighted by Gasteiger charge is 2.27. The van der Waals surface area contributed by atoms with Crippen LogP contribution in [0.15, 0.2) is 47.1 Å². The molecule has 30 heavy (non-hydrogen) atoms. The van der Waals surface area contributed by atoms with E-state index in [1.165, 1.54) is 17.2 Å². The van der Waals surface area contributed by atoms with E-state index in [1.807, 2.05) is 10.7 Å². The van der Waals surface area contributed by atoms with Crippen LogP contribution >= 0.6 is 15.9 Å². The zero-order valence-electron chi connectivity index (χ0n) is 17.0. The molecule has 2 aromatic carbocycles. The van der Waals surface area contributed by atoms with Crippen LogP contribution in [-0.2, 0) is 0 Å². The highest BCUT2D eigenvalue weighted by atomic mass is 79.9.